The molecule has 2 N–H and O–H groups in total. The molecule has 3 heteroatoms. The molecule has 0 bridgehead atoms. The molecular weight excluding hydrogens is 170 g/mol. The van der Waals surface area contributed by atoms with E-state index in [-0.39, 0.29) is 12.6 Å². The summed E-state index contributed by atoms with van der Waals surface area (Å²) < 4.78 is 0. The molecule has 1 aromatic heterocycles. The maximum atomic E-state index is 8.77. The highest BCUT2D eigenvalue weighted by atomic mass is 32.1. The Morgan fingerprint density at radius 3 is 2.92 bits per heavy atom. The van der Waals surface area contributed by atoms with Crippen LogP contribution in [0.2, 0.25) is 0 Å². The Kier molecular flexibility index (Phi) is 3.72. The lowest BCUT2D eigenvalue weighted by molar-refractivity contribution is 0.251. The molecule has 0 fully saturated rings. The molecule has 0 amide bonds. The van der Waals surface area contributed by atoms with Crippen LogP contribution in [0.4, 0.5) is 0 Å². The van der Waals surface area contributed by atoms with Crippen LogP contribution < -0.4 is 5.32 Å². The van der Waals surface area contributed by atoms with Gasteiger partial charge in [0, 0.05) is 17.5 Å². The van der Waals surface area contributed by atoms with Crippen molar-refractivity contribution in [2.75, 3.05) is 6.61 Å². The molecule has 1 rings (SSSR count). The number of aryl methyl sites for hydroxylation is 1. The predicted octanol–water partition coefficient (Wildman–Crippen LogP) is 1.53. The molecule has 1 heterocycles. The first-order valence-corrected chi connectivity index (χ1v) is 4.99. The average Bonchev–Trinajstić information content (AvgIpc) is 2.47. The number of thiophene rings is 1. The van der Waals surface area contributed by atoms with Crippen molar-refractivity contribution in [2.24, 2.45) is 0 Å². The van der Waals surface area contributed by atoms with Crippen molar-refractivity contribution >= 4 is 11.3 Å². The van der Waals surface area contributed by atoms with E-state index >= 15 is 0 Å². The van der Waals surface area contributed by atoms with E-state index < -0.39 is 0 Å². The zero-order valence-electron chi connectivity index (χ0n) is 7.50. The number of hydrogen-bond acceptors (Lipinski definition) is 3. The smallest absolute Gasteiger partial charge is 0.0582 e. The van der Waals surface area contributed by atoms with Gasteiger partial charge in [0.1, 0.15) is 0 Å². The van der Waals surface area contributed by atoms with Crippen molar-refractivity contribution < 1.29 is 5.11 Å². The summed E-state index contributed by atoms with van der Waals surface area (Å²) in [4.78, 5) is 1.36. The first-order valence-electron chi connectivity index (χ1n) is 4.11. The molecule has 0 aliphatic rings. The Morgan fingerprint density at radius 1 is 1.67 bits per heavy atom. The van der Waals surface area contributed by atoms with Crippen molar-refractivity contribution in [1.82, 2.24) is 5.32 Å². The summed E-state index contributed by atoms with van der Waals surface area (Å²) in [5.41, 5.74) is 1.33. The Labute approximate surface area is 77.2 Å². The fourth-order valence-corrected chi connectivity index (χ4v) is 1.77. The Bertz CT molecular complexity index is 234. The van der Waals surface area contributed by atoms with Gasteiger partial charge >= 0.3 is 0 Å². The number of rotatable bonds is 4. The Hall–Kier alpha value is -0.380. The van der Waals surface area contributed by atoms with Crippen LogP contribution in [0.15, 0.2) is 11.4 Å². The minimum absolute atomic E-state index is 0.187. The molecule has 0 radical (unpaired) electrons. The van der Waals surface area contributed by atoms with E-state index in [1.807, 2.05) is 6.92 Å². The molecule has 0 aliphatic carbocycles. The molecule has 0 aliphatic heterocycles. The van der Waals surface area contributed by atoms with Gasteiger partial charge in [-0.3, -0.25) is 0 Å². The molecule has 0 saturated carbocycles. The van der Waals surface area contributed by atoms with Gasteiger partial charge in [-0.1, -0.05) is 0 Å². The van der Waals surface area contributed by atoms with Gasteiger partial charge in [0.25, 0.3) is 0 Å². The summed E-state index contributed by atoms with van der Waals surface area (Å²) >= 11 is 1.76. The third-order valence-corrected chi connectivity index (χ3v) is 2.88. The van der Waals surface area contributed by atoms with Crippen LogP contribution in [0.25, 0.3) is 0 Å². The number of aliphatic hydroxyl groups excluding tert-OH is 1. The zero-order chi connectivity index (χ0) is 8.97. The highest BCUT2D eigenvalue weighted by Gasteiger charge is 2.01. The number of nitrogens with one attached hydrogen (secondary N) is 1. The second-order valence-electron chi connectivity index (χ2n) is 2.99. The number of aliphatic hydroxyl groups is 1. The first-order chi connectivity index (χ1) is 5.74. The lowest BCUT2D eigenvalue weighted by Gasteiger charge is -2.09. The highest BCUT2D eigenvalue weighted by Crippen LogP contribution is 2.14. The molecule has 1 aromatic rings. The van der Waals surface area contributed by atoms with E-state index in [9.17, 15) is 0 Å². The fraction of sp³-hybridized carbons (Fsp3) is 0.556. The van der Waals surface area contributed by atoms with Crippen molar-refractivity contribution in [3.05, 3.63) is 21.9 Å². The fourth-order valence-electron chi connectivity index (χ4n) is 0.917. The second kappa shape index (κ2) is 4.60. The molecule has 1 unspecified atom stereocenters. The third kappa shape index (κ3) is 2.59. The molecule has 0 saturated heterocycles. The van der Waals surface area contributed by atoms with Gasteiger partial charge in [-0.05, 0) is 30.9 Å². The minimum Gasteiger partial charge on any atom is -0.395 e. The summed E-state index contributed by atoms with van der Waals surface area (Å²) in [5, 5.41) is 14.1. The third-order valence-electron chi connectivity index (χ3n) is 1.85. The second-order valence-corrected chi connectivity index (χ2v) is 3.99. The minimum atomic E-state index is 0.187. The van der Waals surface area contributed by atoms with Gasteiger partial charge in [0.15, 0.2) is 0 Å². The largest absolute Gasteiger partial charge is 0.395 e. The van der Waals surface area contributed by atoms with Gasteiger partial charge in [0.2, 0.25) is 0 Å². The maximum Gasteiger partial charge on any atom is 0.0582 e. The summed E-state index contributed by atoms with van der Waals surface area (Å²) in [5.74, 6) is 0. The lowest BCUT2D eigenvalue weighted by atomic mass is 10.3. The van der Waals surface area contributed by atoms with Crippen LogP contribution in [0.3, 0.4) is 0 Å². The summed E-state index contributed by atoms with van der Waals surface area (Å²) in [6.07, 6.45) is 0. The van der Waals surface area contributed by atoms with E-state index in [1.54, 1.807) is 11.3 Å². The van der Waals surface area contributed by atoms with Crippen LogP contribution in [0, 0.1) is 6.92 Å². The molecule has 2 nitrogen and oxygen atoms in total. The normalized spacial score (nSPS) is 13.2. The van der Waals surface area contributed by atoms with Crippen molar-refractivity contribution in [3.63, 3.8) is 0 Å². The standard InChI is InChI=1S/C9H15NOS/c1-7-3-4-12-9(7)5-10-8(2)6-11/h3-4,8,10-11H,5-6H2,1-2H3. The maximum absolute atomic E-state index is 8.77. The van der Waals surface area contributed by atoms with Gasteiger partial charge in [-0.25, -0.2) is 0 Å². The molecule has 1 atom stereocenters. The Morgan fingerprint density at radius 2 is 2.42 bits per heavy atom. The van der Waals surface area contributed by atoms with Crippen LogP contribution >= 0.6 is 11.3 Å². The van der Waals surface area contributed by atoms with Crippen molar-refractivity contribution in [1.29, 1.82) is 0 Å². The predicted molar refractivity (Wildman–Crippen MR) is 52.4 cm³/mol. The van der Waals surface area contributed by atoms with Gasteiger partial charge in [-0.15, -0.1) is 11.3 Å². The van der Waals surface area contributed by atoms with E-state index in [0.717, 1.165) is 6.54 Å². The summed E-state index contributed by atoms with van der Waals surface area (Å²) in [6, 6.07) is 2.30. The summed E-state index contributed by atoms with van der Waals surface area (Å²) in [6.45, 7) is 5.15. The number of hydrogen-bond donors (Lipinski definition) is 2. The molecule has 68 valence electrons. The monoisotopic (exact) mass is 185 g/mol. The Balaban J connectivity index is 2.38. The molecular formula is C9H15NOS. The lowest BCUT2D eigenvalue weighted by Crippen LogP contribution is -2.28. The zero-order valence-corrected chi connectivity index (χ0v) is 8.32. The molecule has 0 spiro atoms. The van der Waals surface area contributed by atoms with E-state index in [4.69, 9.17) is 5.11 Å². The van der Waals surface area contributed by atoms with E-state index in [1.165, 1.54) is 10.4 Å². The van der Waals surface area contributed by atoms with Crippen LogP contribution in [-0.2, 0) is 6.54 Å². The van der Waals surface area contributed by atoms with Crippen LogP contribution in [0.1, 0.15) is 17.4 Å². The van der Waals surface area contributed by atoms with Gasteiger partial charge in [-0.2, -0.15) is 0 Å². The van der Waals surface area contributed by atoms with Crippen LogP contribution in [-0.4, -0.2) is 17.8 Å². The van der Waals surface area contributed by atoms with Crippen LogP contribution in [0.5, 0.6) is 0 Å². The quantitative estimate of drug-likeness (QED) is 0.745. The van der Waals surface area contributed by atoms with Gasteiger partial charge in [0.05, 0.1) is 6.61 Å². The van der Waals surface area contributed by atoms with Crippen molar-refractivity contribution in [3.8, 4) is 0 Å². The van der Waals surface area contributed by atoms with E-state index in [2.05, 4.69) is 23.7 Å². The van der Waals surface area contributed by atoms with Gasteiger partial charge < -0.3 is 10.4 Å². The van der Waals surface area contributed by atoms with Crippen molar-refractivity contribution in [2.45, 2.75) is 26.4 Å². The SMILES string of the molecule is Cc1ccsc1CNC(C)CO. The summed E-state index contributed by atoms with van der Waals surface area (Å²) in [7, 11) is 0. The average molecular weight is 185 g/mol. The molecule has 0 aromatic carbocycles. The van der Waals surface area contributed by atoms with E-state index in [0.29, 0.717) is 0 Å². The topological polar surface area (TPSA) is 32.3 Å². The molecule has 12 heavy (non-hydrogen) atoms. The first kappa shape index (κ1) is 9.71. The highest BCUT2D eigenvalue weighted by molar-refractivity contribution is 7.10.